The van der Waals surface area contributed by atoms with E-state index >= 15 is 0 Å². The van der Waals surface area contributed by atoms with Crippen LogP contribution in [-0.2, 0) is 19.7 Å². The summed E-state index contributed by atoms with van der Waals surface area (Å²) < 4.78 is 31.3. The van der Waals surface area contributed by atoms with Gasteiger partial charge in [-0.05, 0) is 12.8 Å². The van der Waals surface area contributed by atoms with Gasteiger partial charge in [-0.25, -0.2) is 8.42 Å². The Morgan fingerprint density at radius 1 is 0.656 bits per heavy atom. The van der Waals surface area contributed by atoms with Crippen LogP contribution >= 0.6 is 0 Å². The van der Waals surface area contributed by atoms with Crippen molar-refractivity contribution in [2.24, 2.45) is 0 Å². The van der Waals surface area contributed by atoms with E-state index in [1.54, 1.807) is 0 Å². The van der Waals surface area contributed by atoms with E-state index in [9.17, 15) is 27.7 Å². The molecule has 32 heavy (non-hydrogen) atoms. The summed E-state index contributed by atoms with van der Waals surface area (Å²) >= 11 is 0. The van der Waals surface area contributed by atoms with Gasteiger partial charge in [0.05, 0.1) is 16.5 Å². The molecule has 0 aromatic rings. The van der Waals surface area contributed by atoms with Gasteiger partial charge in [-0.2, -0.15) is 0 Å². The number of carboxylic acid groups (broad SMARTS) is 2. The van der Waals surface area contributed by atoms with Gasteiger partial charge in [0, 0.05) is 11.7 Å². The van der Waals surface area contributed by atoms with Crippen LogP contribution in [0.4, 0.5) is 0 Å². The van der Waals surface area contributed by atoms with Crippen molar-refractivity contribution in [2.45, 2.75) is 122 Å². The molecule has 0 bridgehead atoms. The molecule has 0 amide bonds. The van der Waals surface area contributed by atoms with E-state index in [1.807, 2.05) is 0 Å². The summed E-state index contributed by atoms with van der Waals surface area (Å²) in [4.78, 5) is 19.1. The number of carbonyl (C=O) groups excluding carboxylic acids is 1. The van der Waals surface area contributed by atoms with Gasteiger partial charge in [-0.1, -0.05) is 103 Å². The molecule has 0 atom stereocenters. The maximum atomic E-state index is 10.4. The van der Waals surface area contributed by atoms with Crippen LogP contribution in [0, 0.1) is 0 Å². The van der Waals surface area contributed by atoms with E-state index in [2.05, 4.69) is 6.92 Å². The van der Waals surface area contributed by atoms with Crippen LogP contribution < -0.4 is 64.2 Å². The van der Waals surface area contributed by atoms with Gasteiger partial charge in [0.15, 0.2) is 0 Å². The first-order valence-corrected chi connectivity index (χ1v) is 13.1. The third-order valence-electron chi connectivity index (χ3n) is 4.79. The molecule has 0 aliphatic heterocycles. The minimum atomic E-state index is -3.99. The summed E-state index contributed by atoms with van der Waals surface area (Å²) in [7, 11) is -3.99. The van der Waals surface area contributed by atoms with Crippen LogP contribution in [0.15, 0.2) is 0 Å². The normalized spacial score (nSPS) is 10.3. The van der Waals surface area contributed by atoms with Crippen LogP contribution in [0.2, 0.25) is 0 Å². The predicted molar refractivity (Wildman–Crippen MR) is 116 cm³/mol. The molecular formula is C22H42Na2O7S. The summed E-state index contributed by atoms with van der Waals surface area (Å²) in [5.41, 5.74) is 0. The van der Waals surface area contributed by atoms with Gasteiger partial charge < -0.3 is 19.6 Å². The average molecular weight is 497 g/mol. The fourth-order valence-corrected chi connectivity index (χ4v) is 3.59. The Hall–Kier alpha value is 0.850. The molecule has 0 fully saturated rings. The Kier molecular flexibility index (Phi) is 37.4. The Bertz CT molecular complexity index is 500. The maximum absolute atomic E-state index is 10.4. The fourth-order valence-electron chi connectivity index (χ4n) is 3.04. The molecule has 0 unspecified atom stereocenters. The minimum Gasteiger partial charge on any atom is -0.748 e. The predicted octanol–water partition coefficient (Wildman–Crippen LogP) is -1.60. The number of hydrogen-bond acceptors (Lipinski definition) is 6. The fraction of sp³-hybridized carbons (Fsp3) is 0.909. The van der Waals surface area contributed by atoms with Crippen molar-refractivity contribution < 1.29 is 91.9 Å². The molecule has 0 aliphatic carbocycles. The summed E-state index contributed by atoms with van der Waals surface area (Å²) in [6.45, 7) is 2.26. The van der Waals surface area contributed by atoms with Crippen LogP contribution in [-0.4, -0.2) is 35.8 Å². The summed E-state index contributed by atoms with van der Waals surface area (Å²) in [6.07, 6.45) is 19.3. The Labute approximate surface area is 240 Å². The summed E-state index contributed by atoms with van der Waals surface area (Å²) in [5, 5.41) is 17.4. The van der Waals surface area contributed by atoms with Crippen LogP contribution in [0.25, 0.3) is 0 Å². The first-order chi connectivity index (χ1) is 14.2. The third-order valence-corrected chi connectivity index (χ3v) is 5.58. The SMILES string of the molecule is CCCCCCCCCCCCCCCCCCS(=O)(=O)[O-].O=C([O-])CCC(=O)O.[Na+].[Na+]. The van der Waals surface area contributed by atoms with E-state index in [0.29, 0.717) is 6.42 Å². The number of carboxylic acids is 2. The topological polar surface area (TPSA) is 135 Å². The Morgan fingerprint density at radius 3 is 1.19 bits per heavy atom. The van der Waals surface area contributed by atoms with E-state index in [0.717, 1.165) is 12.8 Å². The van der Waals surface area contributed by atoms with Gasteiger partial charge in [0.1, 0.15) is 0 Å². The van der Waals surface area contributed by atoms with Crippen molar-refractivity contribution in [1.82, 2.24) is 0 Å². The molecule has 0 aliphatic rings. The van der Waals surface area contributed by atoms with E-state index in [-0.39, 0.29) is 71.3 Å². The van der Waals surface area contributed by atoms with E-state index < -0.39 is 28.5 Å². The smallest absolute Gasteiger partial charge is 0.748 e. The largest absolute Gasteiger partial charge is 1.00 e. The summed E-state index contributed by atoms with van der Waals surface area (Å²) in [6, 6.07) is 0. The standard InChI is InChI=1S/C18H38O3S.C4H6O4.2Na/c1-2-3-4-5-6-7-8-9-10-11-12-13-14-15-16-17-18-22(19,20)21;5-3(6)1-2-4(7)8;;/h2-18H2,1H3,(H,19,20,21);1-2H2,(H,5,6)(H,7,8);;/q;;2*+1/p-2. The molecule has 0 rings (SSSR count). The zero-order valence-electron chi connectivity index (χ0n) is 20.7. The van der Waals surface area contributed by atoms with Crippen LogP contribution in [0.5, 0.6) is 0 Å². The minimum absolute atomic E-state index is 0. The first-order valence-electron chi connectivity index (χ1n) is 11.5. The molecule has 0 heterocycles. The van der Waals surface area contributed by atoms with Crippen LogP contribution in [0.3, 0.4) is 0 Å². The number of aliphatic carboxylic acids is 2. The first kappa shape index (κ1) is 40.0. The number of unbranched alkanes of at least 4 members (excludes halogenated alkanes) is 15. The van der Waals surface area contributed by atoms with Crippen molar-refractivity contribution in [2.75, 3.05) is 5.75 Å². The molecule has 0 saturated heterocycles. The van der Waals surface area contributed by atoms with Gasteiger partial charge in [0.25, 0.3) is 0 Å². The quantitative estimate of drug-likeness (QED) is 0.122. The summed E-state index contributed by atoms with van der Waals surface area (Å²) in [5.74, 6) is -2.63. The third kappa shape index (κ3) is 44.5. The van der Waals surface area contributed by atoms with Crippen molar-refractivity contribution in [3.63, 3.8) is 0 Å². The second kappa shape index (κ2) is 29.9. The molecule has 180 valence electrons. The van der Waals surface area contributed by atoms with Gasteiger partial charge >= 0.3 is 65.1 Å². The van der Waals surface area contributed by atoms with Gasteiger partial charge in [0.2, 0.25) is 0 Å². The van der Waals surface area contributed by atoms with Gasteiger partial charge in [-0.15, -0.1) is 0 Å². The van der Waals surface area contributed by atoms with Crippen molar-refractivity contribution in [3.05, 3.63) is 0 Å². The zero-order chi connectivity index (χ0) is 23.1. The Balaban J connectivity index is -0.000000335. The van der Waals surface area contributed by atoms with E-state index in [4.69, 9.17) is 5.11 Å². The molecule has 0 radical (unpaired) electrons. The molecule has 0 saturated carbocycles. The molecule has 10 heteroatoms. The molecule has 0 aromatic heterocycles. The van der Waals surface area contributed by atoms with Crippen molar-refractivity contribution >= 4 is 22.1 Å². The molecule has 0 aromatic carbocycles. The number of rotatable bonds is 20. The molecular weight excluding hydrogens is 454 g/mol. The second-order valence-corrected chi connectivity index (χ2v) is 9.35. The monoisotopic (exact) mass is 496 g/mol. The molecule has 7 nitrogen and oxygen atoms in total. The van der Waals surface area contributed by atoms with E-state index in [1.165, 1.54) is 83.5 Å². The Morgan fingerprint density at radius 2 is 0.969 bits per heavy atom. The maximum Gasteiger partial charge on any atom is 1.00 e. The van der Waals surface area contributed by atoms with Crippen LogP contribution in [0.1, 0.15) is 122 Å². The molecule has 1 N–H and O–H groups in total. The zero-order valence-corrected chi connectivity index (χ0v) is 25.6. The number of hydrogen-bond donors (Lipinski definition) is 1. The van der Waals surface area contributed by atoms with Crippen molar-refractivity contribution in [1.29, 1.82) is 0 Å². The molecule has 0 spiro atoms. The van der Waals surface area contributed by atoms with Gasteiger partial charge in [-0.3, -0.25) is 4.79 Å². The number of carbonyl (C=O) groups is 2. The second-order valence-electron chi connectivity index (χ2n) is 7.83. The average Bonchev–Trinajstić information content (AvgIpc) is 2.65. The van der Waals surface area contributed by atoms with Crippen molar-refractivity contribution in [3.8, 4) is 0 Å².